The van der Waals surface area contributed by atoms with Crippen LogP contribution in [0.25, 0.3) is 0 Å². The van der Waals surface area contributed by atoms with Gasteiger partial charge in [0, 0.05) is 11.0 Å². The van der Waals surface area contributed by atoms with E-state index in [9.17, 15) is 5.11 Å². The molecule has 0 radical (unpaired) electrons. The highest BCUT2D eigenvalue weighted by Gasteiger charge is 2.27. The number of ether oxygens (including phenoxy) is 2. The van der Waals surface area contributed by atoms with Crippen LogP contribution in [0, 0.1) is 0 Å². The Labute approximate surface area is 121 Å². The van der Waals surface area contributed by atoms with Crippen molar-refractivity contribution in [2.45, 2.75) is 51.7 Å². The molecule has 1 heterocycles. The largest absolute Gasteiger partial charge is 0.395 e. The van der Waals surface area contributed by atoms with Crippen LogP contribution >= 0.6 is 0 Å². The first-order valence-corrected chi connectivity index (χ1v) is 7.24. The summed E-state index contributed by atoms with van der Waals surface area (Å²) in [7, 11) is 0. The molecule has 1 saturated heterocycles. The van der Waals surface area contributed by atoms with E-state index in [1.807, 2.05) is 0 Å². The normalized spacial score (nSPS) is 17.7. The summed E-state index contributed by atoms with van der Waals surface area (Å²) < 4.78 is 11.2. The van der Waals surface area contributed by atoms with Gasteiger partial charge in [-0.3, -0.25) is 0 Å². The minimum atomic E-state index is -0.273. The van der Waals surface area contributed by atoms with Gasteiger partial charge in [-0.2, -0.15) is 0 Å². The van der Waals surface area contributed by atoms with Crippen molar-refractivity contribution in [3.8, 4) is 0 Å². The fraction of sp³-hybridized carbons (Fsp3) is 0.647. The van der Waals surface area contributed by atoms with Crippen LogP contribution < -0.4 is 0 Å². The number of rotatable bonds is 3. The summed E-state index contributed by atoms with van der Waals surface area (Å²) in [4.78, 5) is 0. The van der Waals surface area contributed by atoms with Crippen molar-refractivity contribution in [1.29, 1.82) is 0 Å². The molecule has 2 rings (SSSR count). The molecule has 3 nitrogen and oxygen atoms in total. The van der Waals surface area contributed by atoms with Crippen molar-refractivity contribution < 1.29 is 14.6 Å². The molecule has 0 aromatic heterocycles. The van der Waals surface area contributed by atoms with Gasteiger partial charge in [0.25, 0.3) is 0 Å². The van der Waals surface area contributed by atoms with E-state index in [2.05, 4.69) is 52.8 Å². The topological polar surface area (TPSA) is 38.7 Å². The quantitative estimate of drug-likeness (QED) is 0.922. The molecule has 0 atom stereocenters. The molecule has 1 aliphatic heterocycles. The van der Waals surface area contributed by atoms with E-state index >= 15 is 0 Å². The Hall–Kier alpha value is -0.900. The first-order valence-electron chi connectivity index (χ1n) is 7.24. The summed E-state index contributed by atoms with van der Waals surface area (Å²) in [6, 6.07) is 6.45. The highest BCUT2D eigenvalue weighted by molar-refractivity contribution is 5.38. The number of hydrogen-bond donors (Lipinski definition) is 1. The molecule has 1 N–H and O–H groups in total. The molecule has 1 aromatic carbocycles. The average Bonchev–Trinajstić information content (AvgIpc) is 2.91. The van der Waals surface area contributed by atoms with Gasteiger partial charge in [0.2, 0.25) is 0 Å². The monoisotopic (exact) mass is 278 g/mol. The van der Waals surface area contributed by atoms with Gasteiger partial charge >= 0.3 is 0 Å². The fourth-order valence-electron chi connectivity index (χ4n) is 2.25. The zero-order valence-electron chi connectivity index (χ0n) is 13.2. The van der Waals surface area contributed by atoms with E-state index in [0.29, 0.717) is 13.2 Å². The van der Waals surface area contributed by atoms with E-state index in [0.717, 1.165) is 11.1 Å². The minimum absolute atomic E-state index is 0.0505. The van der Waals surface area contributed by atoms with Crippen LogP contribution in [0.1, 0.15) is 57.6 Å². The third kappa shape index (κ3) is 3.22. The first kappa shape index (κ1) is 15.5. The van der Waals surface area contributed by atoms with Crippen LogP contribution in [0.15, 0.2) is 18.2 Å². The van der Waals surface area contributed by atoms with Crippen LogP contribution in [0.3, 0.4) is 0 Å². The van der Waals surface area contributed by atoms with E-state index in [4.69, 9.17) is 9.47 Å². The van der Waals surface area contributed by atoms with E-state index < -0.39 is 0 Å². The van der Waals surface area contributed by atoms with Crippen molar-refractivity contribution in [2.24, 2.45) is 0 Å². The molecule has 20 heavy (non-hydrogen) atoms. The van der Waals surface area contributed by atoms with E-state index in [1.54, 1.807) is 0 Å². The zero-order valence-corrected chi connectivity index (χ0v) is 13.2. The molecule has 0 unspecified atom stereocenters. The Morgan fingerprint density at radius 2 is 1.55 bits per heavy atom. The van der Waals surface area contributed by atoms with Gasteiger partial charge in [0.15, 0.2) is 6.29 Å². The molecule has 1 aliphatic rings. The second kappa shape index (κ2) is 5.47. The molecular weight excluding hydrogens is 252 g/mol. The predicted octanol–water partition coefficient (Wildman–Crippen LogP) is 3.30. The Bertz CT molecular complexity index is 466. The molecule has 0 saturated carbocycles. The average molecular weight is 278 g/mol. The summed E-state index contributed by atoms with van der Waals surface area (Å²) in [5.74, 6) is 0. The zero-order chi connectivity index (χ0) is 15.0. The minimum Gasteiger partial charge on any atom is -0.395 e. The van der Waals surface area contributed by atoms with E-state index in [1.165, 1.54) is 5.56 Å². The summed E-state index contributed by atoms with van der Waals surface area (Å²) in [6.07, 6.45) is -0.273. The molecule has 0 aliphatic carbocycles. The molecule has 112 valence electrons. The highest BCUT2D eigenvalue weighted by atomic mass is 16.7. The Kier molecular flexibility index (Phi) is 4.24. The van der Waals surface area contributed by atoms with Crippen molar-refractivity contribution in [2.75, 3.05) is 19.8 Å². The lowest BCUT2D eigenvalue weighted by Gasteiger charge is -2.28. The van der Waals surface area contributed by atoms with Gasteiger partial charge in [0.1, 0.15) is 0 Å². The SMILES string of the molecule is CC(C)(C)c1cc(C2OCCO2)cc(C(C)(C)CO)c1. The molecule has 0 bridgehead atoms. The van der Waals surface area contributed by atoms with Crippen molar-refractivity contribution in [3.63, 3.8) is 0 Å². The van der Waals surface area contributed by atoms with Crippen LogP contribution in [-0.4, -0.2) is 24.9 Å². The highest BCUT2D eigenvalue weighted by Crippen LogP contribution is 2.34. The van der Waals surface area contributed by atoms with Gasteiger partial charge in [-0.15, -0.1) is 0 Å². The van der Waals surface area contributed by atoms with Gasteiger partial charge in [-0.1, -0.05) is 52.8 Å². The summed E-state index contributed by atoms with van der Waals surface area (Å²) in [5.41, 5.74) is 3.20. The first-order chi connectivity index (χ1) is 9.24. The number of hydrogen-bond acceptors (Lipinski definition) is 3. The van der Waals surface area contributed by atoms with Crippen molar-refractivity contribution in [3.05, 3.63) is 34.9 Å². The molecule has 1 fully saturated rings. The molecule has 3 heteroatoms. The number of benzene rings is 1. The lowest BCUT2D eigenvalue weighted by atomic mass is 9.79. The Morgan fingerprint density at radius 3 is 2.05 bits per heavy atom. The third-order valence-corrected chi connectivity index (χ3v) is 3.89. The molecule has 0 spiro atoms. The molecule has 1 aromatic rings. The maximum atomic E-state index is 9.63. The van der Waals surface area contributed by atoms with Gasteiger partial charge in [0.05, 0.1) is 19.8 Å². The second-order valence-corrected chi connectivity index (χ2v) is 7.21. The third-order valence-electron chi connectivity index (χ3n) is 3.89. The van der Waals surface area contributed by atoms with Gasteiger partial charge in [-0.25, -0.2) is 0 Å². The van der Waals surface area contributed by atoms with Crippen LogP contribution in [0.2, 0.25) is 0 Å². The Morgan fingerprint density at radius 1 is 1.00 bits per heavy atom. The fourth-order valence-corrected chi connectivity index (χ4v) is 2.25. The van der Waals surface area contributed by atoms with Gasteiger partial charge in [-0.05, 0) is 16.5 Å². The lowest BCUT2D eigenvalue weighted by molar-refractivity contribution is -0.0443. The molecular formula is C17H26O3. The second-order valence-electron chi connectivity index (χ2n) is 7.21. The van der Waals surface area contributed by atoms with Crippen LogP contribution in [0.5, 0.6) is 0 Å². The summed E-state index contributed by atoms with van der Waals surface area (Å²) in [6.45, 7) is 12.1. The number of aliphatic hydroxyl groups excluding tert-OH is 1. The van der Waals surface area contributed by atoms with Gasteiger partial charge < -0.3 is 14.6 Å². The van der Waals surface area contributed by atoms with Crippen LogP contribution in [-0.2, 0) is 20.3 Å². The van der Waals surface area contributed by atoms with Crippen molar-refractivity contribution in [1.82, 2.24) is 0 Å². The summed E-state index contributed by atoms with van der Waals surface area (Å²) >= 11 is 0. The molecule has 0 amide bonds. The maximum absolute atomic E-state index is 9.63. The predicted molar refractivity (Wildman–Crippen MR) is 79.9 cm³/mol. The van der Waals surface area contributed by atoms with Crippen molar-refractivity contribution >= 4 is 0 Å². The maximum Gasteiger partial charge on any atom is 0.184 e. The Balaban J connectivity index is 2.49. The van der Waals surface area contributed by atoms with Crippen LogP contribution in [0.4, 0.5) is 0 Å². The lowest BCUT2D eigenvalue weighted by Crippen LogP contribution is -2.24. The summed E-state index contributed by atoms with van der Waals surface area (Å²) in [5, 5.41) is 9.63. The standard InChI is InChI=1S/C17H26O3/c1-16(2,3)13-8-12(15-19-6-7-20-15)9-14(10-13)17(4,5)11-18/h8-10,15,18H,6-7,11H2,1-5H3. The smallest absolute Gasteiger partial charge is 0.184 e. The number of aliphatic hydroxyl groups is 1. The van der Waals surface area contributed by atoms with E-state index in [-0.39, 0.29) is 23.7 Å².